The quantitative estimate of drug-likeness (QED) is 0.686. The third kappa shape index (κ3) is 4.34. The summed E-state index contributed by atoms with van der Waals surface area (Å²) in [6, 6.07) is 0. The fourth-order valence-electron chi connectivity index (χ4n) is 0.956. The summed E-state index contributed by atoms with van der Waals surface area (Å²) in [5.41, 5.74) is 0. The minimum Gasteiger partial charge on any atom is -0.348 e. The molecule has 1 aromatic rings. The standard InChI is InChI=1S/C9H15N3OS/c1-2-3-10-6-8(13)12-7-9-11-4-5-14-9/h4-5,10H,2-3,6-7H2,1H3,(H,12,13). The molecule has 2 N–H and O–H groups in total. The van der Waals surface area contributed by atoms with Gasteiger partial charge in [-0.2, -0.15) is 0 Å². The summed E-state index contributed by atoms with van der Waals surface area (Å²) in [7, 11) is 0. The summed E-state index contributed by atoms with van der Waals surface area (Å²) in [4.78, 5) is 15.3. The first-order chi connectivity index (χ1) is 6.83. The Morgan fingerprint density at radius 1 is 1.64 bits per heavy atom. The second-order valence-corrected chi connectivity index (χ2v) is 3.86. The SMILES string of the molecule is CCCNCC(=O)NCc1nccs1. The highest BCUT2D eigenvalue weighted by molar-refractivity contribution is 7.09. The van der Waals surface area contributed by atoms with Crippen LogP contribution in [0.5, 0.6) is 0 Å². The Bertz CT molecular complexity index is 261. The number of rotatable bonds is 6. The van der Waals surface area contributed by atoms with Gasteiger partial charge >= 0.3 is 0 Å². The molecule has 0 fully saturated rings. The van der Waals surface area contributed by atoms with Gasteiger partial charge in [0.1, 0.15) is 5.01 Å². The molecule has 0 bridgehead atoms. The Kier molecular flexibility index (Phi) is 5.17. The molecule has 0 aromatic carbocycles. The van der Waals surface area contributed by atoms with Crippen LogP contribution in [0.1, 0.15) is 18.4 Å². The molecule has 1 aromatic heterocycles. The molecule has 0 saturated carbocycles. The summed E-state index contributed by atoms with van der Waals surface area (Å²) >= 11 is 1.55. The molecule has 0 aliphatic rings. The van der Waals surface area contributed by atoms with Gasteiger partial charge in [-0.3, -0.25) is 4.79 Å². The highest BCUT2D eigenvalue weighted by atomic mass is 32.1. The molecule has 0 saturated heterocycles. The van der Waals surface area contributed by atoms with Gasteiger partial charge in [-0.15, -0.1) is 11.3 Å². The van der Waals surface area contributed by atoms with Gasteiger partial charge in [0.15, 0.2) is 0 Å². The van der Waals surface area contributed by atoms with Crippen molar-refractivity contribution < 1.29 is 4.79 Å². The molecule has 0 spiro atoms. The van der Waals surface area contributed by atoms with Crippen LogP contribution in [0.15, 0.2) is 11.6 Å². The van der Waals surface area contributed by atoms with Crippen molar-refractivity contribution in [3.63, 3.8) is 0 Å². The Hall–Kier alpha value is -0.940. The molecule has 0 aliphatic heterocycles. The molecule has 4 nitrogen and oxygen atoms in total. The molecule has 1 heterocycles. The Morgan fingerprint density at radius 3 is 3.14 bits per heavy atom. The number of aromatic nitrogens is 1. The Labute approximate surface area is 87.7 Å². The van der Waals surface area contributed by atoms with Crippen molar-refractivity contribution in [1.29, 1.82) is 0 Å². The van der Waals surface area contributed by atoms with E-state index < -0.39 is 0 Å². The van der Waals surface area contributed by atoms with Crippen molar-refractivity contribution in [2.45, 2.75) is 19.9 Å². The lowest BCUT2D eigenvalue weighted by Gasteiger charge is -2.03. The van der Waals surface area contributed by atoms with Crippen LogP contribution >= 0.6 is 11.3 Å². The smallest absolute Gasteiger partial charge is 0.234 e. The molecule has 0 unspecified atom stereocenters. The van der Waals surface area contributed by atoms with Crippen LogP contribution in [0.3, 0.4) is 0 Å². The summed E-state index contributed by atoms with van der Waals surface area (Å²) in [6.45, 7) is 3.87. The van der Waals surface area contributed by atoms with E-state index in [2.05, 4.69) is 22.5 Å². The van der Waals surface area contributed by atoms with Crippen LogP contribution in [-0.4, -0.2) is 24.0 Å². The van der Waals surface area contributed by atoms with Crippen LogP contribution < -0.4 is 10.6 Å². The molecule has 5 heteroatoms. The summed E-state index contributed by atoms with van der Waals surface area (Å²) in [5.74, 6) is 0.0219. The predicted molar refractivity (Wildman–Crippen MR) is 57.1 cm³/mol. The topological polar surface area (TPSA) is 54.0 Å². The van der Waals surface area contributed by atoms with Gasteiger partial charge in [0.05, 0.1) is 13.1 Å². The molecule has 14 heavy (non-hydrogen) atoms. The van der Waals surface area contributed by atoms with Crippen LogP contribution in [0, 0.1) is 0 Å². The lowest BCUT2D eigenvalue weighted by atomic mass is 10.4. The van der Waals surface area contributed by atoms with Crippen LogP contribution in [-0.2, 0) is 11.3 Å². The van der Waals surface area contributed by atoms with E-state index in [-0.39, 0.29) is 5.91 Å². The van der Waals surface area contributed by atoms with Gasteiger partial charge in [0.2, 0.25) is 5.91 Å². The van der Waals surface area contributed by atoms with E-state index in [4.69, 9.17) is 0 Å². The minimum absolute atomic E-state index is 0.0219. The highest BCUT2D eigenvalue weighted by Gasteiger charge is 2.00. The number of carbonyl (C=O) groups excluding carboxylic acids is 1. The van der Waals surface area contributed by atoms with Crippen LogP contribution in [0.2, 0.25) is 0 Å². The van der Waals surface area contributed by atoms with Crippen molar-refractivity contribution in [2.75, 3.05) is 13.1 Å². The third-order valence-corrected chi connectivity index (χ3v) is 2.41. The normalized spacial score (nSPS) is 10.1. The van der Waals surface area contributed by atoms with Crippen molar-refractivity contribution in [3.8, 4) is 0 Å². The number of hydrogen-bond acceptors (Lipinski definition) is 4. The van der Waals surface area contributed by atoms with Crippen molar-refractivity contribution >= 4 is 17.2 Å². The third-order valence-electron chi connectivity index (χ3n) is 1.63. The van der Waals surface area contributed by atoms with Gasteiger partial charge in [0, 0.05) is 11.6 Å². The minimum atomic E-state index is 0.0219. The van der Waals surface area contributed by atoms with E-state index in [0.717, 1.165) is 18.0 Å². The largest absolute Gasteiger partial charge is 0.348 e. The predicted octanol–water partition coefficient (Wildman–Crippen LogP) is 0.759. The molecular weight excluding hydrogens is 198 g/mol. The van der Waals surface area contributed by atoms with E-state index in [0.29, 0.717) is 13.1 Å². The number of nitrogens with one attached hydrogen (secondary N) is 2. The van der Waals surface area contributed by atoms with E-state index in [1.165, 1.54) is 0 Å². The van der Waals surface area contributed by atoms with Gasteiger partial charge in [-0.1, -0.05) is 6.92 Å². The molecular formula is C9H15N3OS. The van der Waals surface area contributed by atoms with Crippen molar-refractivity contribution in [3.05, 3.63) is 16.6 Å². The van der Waals surface area contributed by atoms with Gasteiger partial charge in [-0.25, -0.2) is 4.98 Å². The lowest BCUT2D eigenvalue weighted by Crippen LogP contribution is -2.33. The summed E-state index contributed by atoms with van der Waals surface area (Å²) in [6.07, 6.45) is 2.78. The number of hydrogen-bond donors (Lipinski definition) is 2. The molecule has 0 radical (unpaired) electrons. The first kappa shape index (κ1) is 11.1. The first-order valence-corrected chi connectivity index (χ1v) is 5.56. The second kappa shape index (κ2) is 6.50. The number of carbonyl (C=O) groups is 1. The molecule has 0 atom stereocenters. The van der Waals surface area contributed by atoms with E-state index in [9.17, 15) is 4.79 Å². The number of nitrogens with zero attached hydrogens (tertiary/aromatic N) is 1. The zero-order valence-corrected chi connectivity index (χ0v) is 9.06. The van der Waals surface area contributed by atoms with Gasteiger partial charge in [0.25, 0.3) is 0 Å². The fraction of sp³-hybridized carbons (Fsp3) is 0.556. The maximum Gasteiger partial charge on any atom is 0.234 e. The highest BCUT2D eigenvalue weighted by Crippen LogP contribution is 2.01. The summed E-state index contributed by atoms with van der Waals surface area (Å²) < 4.78 is 0. The van der Waals surface area contributed by atoms with E-state index in [1.807, 2.05) is 5.38 Å². The number of thiazole rings is 1. The van der Waals surface area contributed by atoms with Crippen LogP contribution in [0.25, 0.3) is 0 Å². The fourth-order valence-corrected chi connectivity index (χ4v) is 1.51. The zero-order valence-electron chi connectivity index (χ0n) is 8.25. The molecule has 0 aliphatic carbocycles. The molecule has 1 amide bonds. The summed E-state index contributed by atoms with van der Waals surface area (Å²) in [5, 5.41) is 8.66. The van der Waals surface area contributed by atoms with Gasteiger partial charge < -0.3 is 10.6 Å². The maximum absolute atomic E-state index is 11.2. The maximum atomic E-state index is 11.2. The second-order valence-electron chi connectivity index (χ2n) is 2.88. The number of amides is 1. The van der Waals surface area contributed by atoms with E-state index >= 15 is 0 Å². The van der Waals surface area contributed by atoms with Crippen LogP contribution in [0.4, 0.5) is 0 Å². The Morgan fingerprint density at radius 2 is 2.50 bits per heavy atom. The monoisotopic (exact) mass is 213 g/mol. The van der Waals surface area contributed by atoms with E-state index in [1.54, 1.807) is 17.5 Å². The lowest BCUT2D eigenvalue weighted by molar-refractivity contribution is -0.120. The zero-order chi connectivity index (χ0) is 10.2. The molecule has 1 rings (SSSR count). The Balaban J connectivity index is 2.09. The first-order valence-electron chi connectivity index (χ1n) is 4.68. The van der Waals surface area contributed by atoms with Crippen molar-refractivity contribution in [1.82, 2.24) is 15.6 Å². The van der Waals surface area contributed by atoms with Gasteiger partial charge in [-0.05, 0) is 13.0 Å². The average Bonchev–Trinajstić information content (AvgIpc) is 2.68. The average molecular weight is 213 g/mol. The van der Waals surface area contributed by atoms with Crippen molar-refractivity contribution in [2.24, 2.45) is 0 Å². The molecule has 78 valence electrons.